The van der Waals surface area contributed by atoms with Crippen LogP contribution in [0.5, 0.6) is 0 Å². The van der Waals surface area contributed by atoms with E-state index in [9.17, 15) is 18.5 Å². The van der Waals surface area contributed by atoms with Crippen LogP contribution in [0.1, 0.15) is 5.82 Å². The first-order valence-electron chi connectivity index (χ1n) is 7.25. The first-order chi connectivity index (χ1) is 11.8. The van der Waals surface area contributed by atoms with Gasteiger partial charge in [-0.1, -0.05) is 0 Å². The summed E-state index contributed by atoms with van der Waals surface area (Å²) in [5.41, 5.74) is 1.29. The Morgan fingerprint density at radius 1 is 1.04 bits per heavy atom. The quantitative estimate of drug-likeness (QED) is 0.524. The third kappa shape index (κ3) is 3.41. The summed E-state index contributed by atoms with van der Waals surface area (Å²) in [4.78, 5) is 14.9. The van der Waals surface area contributed by atoms with Crippen molar-refractivity contribution in [1.29, 1.82) is 0 Å². The number of hydrogen-bond donors (Lipinski definition) is 0. The molecule has 8 nitrogen and oxygen atoms in total. The van der Waals surface area contributed by atoms with Gasteiger partial charge >= 0.3 is 0 Å². The Morgan fingerprint density at radius 3 is 2.16 bits per heavy atom. The molecule has 0 spiro atoms. The van der Waals surface area contributed by atoms with Gasteiger partial charge in [0, 0.05) is 24.0 Å². The number of nitrogens with zero attached hydrogens (tertiary/aromatic N) is 4. The Balaban J connectivity index is 2.05. The first-order valence-corrected chi connectivity index (χ1v) is 9.14. The summed E-state index contributed by atoms with van der Waals surface area (Å²) in [7, 11) is -3.28. The zero-order valence-corrected chi connectivity index (χ0v) is 14.3. The largest absolute Gasteiger partial charge is 0.269 e. The summed E-state index contributed by atoms with van der Waals surface area (Å²) in [6.07, 6.45) is 1.14. The van der Waals surface area contributed by atoms with Crippen LogP contribution in [0, 0.1) is 17.0 Å². The highest BCUT2D eigenvalue weighted by molar-refractivity contribution is 7.90. The molecule has 9 heteroatoms. The lowest BCUT2D eigenvalue weighted by Crippen LogP contribution is -2.01. The van der Waals surface area contributed by atoms with Crippen molar-refractivity contribution in [2.45, 2.75) is 11.8 Å². The Bertz CT molecular complexity index is 1040. The Labute approximate surface area is 143 Å². The lowest BCUT2D eigenvalue weighted by Gasteiger charge is -2.06. The first kappa shape index (κ1) is 16.8. The van der Waals surface area contributed by atoms with Crippen molar-refractivity contribution in [2.75, 3.05) is 6.26 Å². The zero-order valence-electron chi connectivity index (χ0n) is 13.4. The van der Waals surface area contributed by atoms with Crippen molar-refractivity contribution < 1.29 is 13.3 Å². The Hall–Kier alpha value is -3.07. The maximum atomic E-state index is 11.6. The molecule has 0 aliphatic carbocycles. The predicted molar refractivity (Wildman–Crippen MR) is 91.3 cm³/mol. The Kier molecular flexibility index (Phi) is 4.09. The summed E-state index contributed by atoms with van der Waals surface area (Å²) in [6, 6.07) is 12.3. The molecule has 0 saturated heterocycles. The van der Waals surface area contributed by atoms with E-state index in [1.807, 2.05) is 0 Å². The molecule has 0 aliphatic rings. The fourth-order valence-electron chi connectivity index (χ4n) is 2.35. The molecule has 3 aromatic rings. The SMILES string of the molecule is Cc1nc(-c2ccc(S(C)(=O)=O)cc2)n(-c2ccc([N+](=O)[O-])cc2)n1. The van der Waals surface area contributed by atoms with Crippen LogP contribution in [0.2, 0.25) is 0 Å². The number of benzene rings is 2. The van der Waals surface area contributed by atoms with E-state index < -0.39 is 14.8 Å². The average molecular weight is 358 g/mol. The van der Waals surface area contributed by atoms with Crippen molar-refractivity contribution in [2.24, 2.45) is 0 Å². The van der Waals surface area contributed by atoms with E-state index >= 15 is 0 Å². The normalized spacial score (nSPS) is 11.4. The molecule has 0 fully saturated rings. The summed E-state index contributed by atoms with van der Waals surface area (Å²) >= 11 is 0. The number of non-ortho nitro benzene ring substituents is 1. The van der Waals surface area contributed by atoms with Crippen molar-refractivity contribution in [1.82, 2.24) is 14.8 Å². The van der Waals surface area contributed by atoms with Gasteiger partial charge in [-0.25, -0.2) is 18.1 Å². The van der Waals surface area contributed by atoms with Gasteiger partial charge in [0.15, 0.2) is 15.7 Å². The molecule has 0 N–H and O–H groups in total. The van der Waals surface area contributed by atoms with E-state index in [0.717, 1.165) is 6.26 Å². The van der Waals surface area contributed by atoms with Crippen molar-refractivity contribution in [3.05, 3.63) is 64.5 Å². The lowest BCUT2D eigenvalue weighted by molar-refractivity contribution is -0.384. The van der Waals surface area contributed by atoms with Crippen LogP contribution in [0.4, 0.5) is 5.69 Å². The zero-order chi connectivity index (χ0) is 18.2. The number of rotatable bonds is 4. The molecule has 128 valence electrons. The number of hydrogen-bond acceptors (Lipinski definition) is 6. The molecule has 1 aromatic heterocycles. The summed E-state index contributed by atoms with van der Waals surface area (Å²) in [6.45, 7) is 1.73. The van der Waals surface area contributed by atoms with Crippen molar-refractivity contribution >= 4 is 15.5 Å². The van der Waals surface area contributed by atoms with Gasteiger partial charge in [0.1, 0.15) is 5.82 Å². The van der Waals surface area contributed by atoms with Crippen LogP contribution in [0.15, 0.2) is 53.4 Å². The van der Waals surface area contributed by atoms with E-state index in [-0.39, 0.29) is 10.6 Å². The van der Waals surface area contributed by atoms with E-state index in [1.165, 1.54) is 24.3 Å². The molecule has 2 aromatic carbocycles. The molecule has 0 bridgehead atoms. The van der Waals surface area contributed by atoms with Gasteiger partial charge in [0.2, 0.25) is 0 Å². The highest BCUT2D eigenvalue weighted by Crippen LogP contribution is 2.24. The topological polar surface area (TPSA) is 108 Å². The highest BCUT2D eigenvalue weighted by atomic mass is 32.2. The van der Waals surface area contributed by atoms with Crippen molar-refractivity contribution in [3.63, 3.8) is 0 Å². The standard InChI is InChI=1S/C16H14N4O4S/c1-11-17-16(12-3-9-15(10-4-12)25(2,23)24)19(18-11)13-5-7-14(8-6-13)20(21)22/h3-10H,1-2H3. The second-order valence-corrected chi connectivity index (χ2v) is 7.48. The maximum absolute atomic E-state index is 11.6. The Morgan fingerprint density at radius 2 is 1.64 bits per heavy atom. The molecule has 25 heavy (non-hydrogen) atoms. The molecule has 0 unspecified atom stereocenters. The minimum Gasteiger partial charge on any atom is -0.258 e. The number of sulfone groups is 1. The predicted octanol–water partition coefficient (Wildman–Crippen LogP) is 2.55. The van der Waals surface area contributed by atoms with Crippen LogP contribution in [-0.4, -0.2) is 34.4 Å². The fourth-order valence-corrected chi connectivity index (χ4v) is 2.98. The van der Waals surface area contributed by atoms with Crippen LogP contribution in [0.3, 0.4) is 0 Å². The van der Waals surface area contributed by atoms with E-state index in [2.05, 4.69) is 10.1 Å². The summed E-state index contributed by atoms with van der Waals surface area (Å²) in [5.74, 6) is 1.05. The molecule has 0 amide bonds. The van der Waals surface area contributed by atoms with Crippen molar-refractivity contribution in [3.8, 4) is 17.1 Å². The minimum absolute atomic E-state index is 0.0142. The monoisotopic (exact) mass is 358 g/mol. The van der Waals surface area contributed by atoms with Gasteiger partial charge in [-0.3, -0.25) is 10.1 Å². The third-order valence-electron chi connectivity index (χ3n) is 3.56. The molecule has 0 radical (unpaired) electrons. The van der Waals surface area contributed by atoms with Gasteiger partial charge in [-0.05, 0) is 43.3 Å². The van der Waals surface area contributed by atoms with Gasteiger partial charge in [0.25, 0.3) is 5.69 Å². The molecule has 0 saturated carbocycles. The molecular formula is C16H14N4O4S. The maximum Gasteiger partial charge on any atom is 0.269 e. The number of aryl methyl sites for hydroxylation is 1. The third-order valence-corrected chi connectivity index (χ3v) is 4.69. The lowest BCUT2D eigenvalue weighted by atomic mass is 10.2. The number of aromatic nitrogens is 3. The molecule has 0 atom stereocenters. The molecular weight excluding hydrogens is 344 g/mol. The highest BCUT2D eigenvalue weighted by Gasteiger charge is 2.14. The van der Waals surface area contributed by atoms with Gasteiger partial charge < -0.3 is 0 Å². The van der Waals surface area contributed by atoms with Crippen LogP contribution < -0.4 is 0 Å². The van der Waals surface area contributed by atoms with Crippen LogP contribution in [0.25, 0.3) is 17.1 Å². The smallest absolute Gasteiger partial charge is 0.258 e. The molecule has 0 aliphatic heterocycles. The number of nitro groups is 1. The average Bonchev–Trinajstić information content (AvgIpc) is 2.96. The van der Waals surface area contributed by atoms with E-state index in [0.29, 0.717) is 22.9 Å². The minimum atomic E-state index is -3.28. The molecule has 1 heterocycles. The van der Waals surface area contributed by atoms with Gasteiger partial charge in [0.05, 0.1) is 15.5 Å². The summed E-state index contributed by atoms with van der Waals surface area (Å²) < 4.78 is 24.7. The second-order valence-electron chi connectivity index (χ2n) is 5.46. The fraction of sp³-hybridized carbons (Fsp3) is 0.125. The second kappa shape index (κ2) is 6.10. The summed E-state index contributed by atoms with van der Waals surface area (Å²) in [5, 5.41) is 15.1. The van der Waals surface area contributed by atoms with Gasteiger partial charge in [-0.2, -0.15) is 5.10 Å². The van der Waals surface area contributed by atoms with E-state index in [1.54, 1.807) is 35.9 Å². The molecule has 3 rings (SSSR count). The van der Waals surface area contributed by atoms with E-state index in [4.69, 9.17) is 0 Å². The number of nitro benzene ring substituents is 1. The van der Waals surface area contributed by atoms with Crippen LogP contribution in [-0.2, 0) is 9.84 Å². The van der Waals surface area contributed by atoms with Gasteiger partial charge in [-0.15, -0.1) is 0 Å². The van der Waals surface area contributed by atoms with Crippen LogP contribution >= 0.6 is 0 Å².